The third-order valence-corrected chi connectivity index (χ3v) is 5.18. The van der Waals surface area contributed by atoms with Crippen molar-refractivity contribution in [3.63, 3.8) is 0 Å². The standard InChI is InChI=1S/C22H27NO6S2/c1-31-19-9-7-17(8-10-19)23-22(26)29-20(6-3-12-28-21(25)15-30)16-4-2-5-18(14-16)27-13-11-24/h2,4-5,7-10,14,20,24,30H,3,6,11-13,15H2,1H3,(H,23,26)/t20-/m0/s1. The van der Waals surface area contributed by atoms with Crippen LogP contribution >= 0.6 is 24.4 Å². The molecule has 2 rings (SSSR count). The fourth-order valence-electron chi connectivity index (χ4n) is 2.71. The molecule has 0 aliphatic rings. The maximum Gasteiger partial charge on any atom is 0.412 e. The van der Waals surface area contributed by atoms with Gasteiger partial charge in [0.2, 0.25) is 0 Å². The van der Waals surface area contributed by atoms with Crippen LogP contribution in [0.4, 0.5) is 10.5 Å². The number of hydrogen-bond acceptors (Lipinski definition) is 8. The van der Waals surface area contributed by atoms with E-state index in [2.05, 4.69) is 17.9 Å². The SMILES string of the molecule is CSc1ccc(NC(=O)O[C@@H](CCCOC(=O)CS)c2cccc(OCCO)c2)cc1. The summed E-state index contributed by atoms with van der Waals surface area (Å²) < 4.78 is 16.2. The summed E-state index contributed by atoms with van der Waals surface area (Å²) in [6.07, 6.45) is 1.77. The second-order valence-corrected chi connectivity index (χ2v) is 7.61. The van der Waals surface area contributed by atoms with E-state index in [9.17, 15) is 9.59 Å². The Balaban J connectivity index is 2.05. The quantitative estimate of drug-likeness (QED) is 0.186. The molecule has 0 aromatic heterocycles. The molecule has 0 heterocycles. The average Bonchev–Trinajstić information content (AvgIpc) is 2.80. The highest BCUT2D eigenvalue weighted by Crippen LogP contribution is 2.27. The Bertz CT molecular complexity index is 831. The lowest BCUT2D eigenvalue weighted by molar-refractivity contribution is -0.140. The highest BCUT2D eigenvalue weighted by molar-refractivity contribution is 7.98. The van der Waals surface area contributed by atoms with Crippen LogP contribution in [0.25, 0.3) is 0 Å². The van der Waals surface area contributed by atoms with Crippen molar-refractivity contribution >= 4 is 42.1 Å². The normalized spacial score (nSPS) is 11.5. The zero-order chi connectivity index (χ0) is 22.5. The summed E-state index contributed by atoms with van der Waals surface area (Å²) in [5, 5.41) is 11.7. The van der Waals surface area contributed by atoms with Crippen molar-refractivity contribution in [3.05, 3.63) is 54.1 Å². The summed E-state index contributed by atoms with van der Waals surface area (Å²) in [7, 11) is 0. The van der Waals surface area contributed by atoms with Gasteiger partial charge < -0.3 is 19.3 Å². The molecule has 0 fully saturated rings. The molecule has 0 saturated carbocycles. The molecule has 2 aromatic carbocycles. The average molecular weight is 466 g/mol. The summed E-state index contributed by atoms with van der Waals surface area (Å²) in [4.78, 5) is 24.9. The number of ether oxygens (including phenoxy) is 3. The lowest BCUT2D eigenvalue weighted by Gasteiger charge is -2.19. The number of hydrogen-bond donors (Lipinski definition) is 3. The number of carbonyl (C=O) groups is 2. The molecule has 0 aliphatic carbocycles. The predicted octanol–water partition coefficient (Wildman–Crippen LogP) is 4.32. The summed E-state index contributed by atoms with van der Waals surface area (Å²) in [6.45, 7) is 0.275. The maximum absolute atomic E-state index is 12.5. The summed E-state index contributed by atoms with van der Waals surface area (Å²) in [6, 6.07) is 14.6. The third kappa shape index (κ3) is 9.12. The lowest BCUT2D eigenvalue weighted by Crippen LogP contribution is -2.18. The van der Waals surface area contributed by atoms with Gasteiger partial charge in [0.1, 0.15) is 18.5 Å². The zero-order valence-electron chi connectivity index (χ0n) is 17.3. The van der Waals surface area contributed by atoms with Crippen LogP contribution in [0.2, 0.25) is 0 Å². The molecule has 1 atom stereocenters. The van der Waals surface area contributed by atoms with E-state index >= 15 is 0 Å². The monoisotopic (exact) mass is 465 g/mol. The largest absolute Gasteiger partial charge is 0.491 e. The second kappa shape index (κ2) is 13.8. The number of anilines is 1. The van der Waals surface area contributed by atoms with Crippen molar-refractivity contribution in [2.45, 2.75) is 23.8 Å². The van der Waals surface area contributed by atoms with Gasteiger partial charge in [0.05, 0.1) is 19.0 Å². The van der Waals surface area contributed by atoms with Crippen LogP contribution in [0.5, 0.6) is 5.75 Å². The second-order valence-electron chi connectivity index (χ2n) is 6.41. The molecule has 0 saturated heterocycles. The highest BCUT2D eigenvalue weighted by Gasteiger charge is 2.18. The van der Waals surface area contributed by atoms with Crippen molar-refractivity contribution in [3.8, 4) is 5.75 Å². The van der Waals surface area contributed by atoms with E-state index in [4.69, 9.17) is 19.3 Å². The first kappa shape index (κ1) is 24.9. The van der Waals surface area contributed by atoms with Crippen molar-refractivity contribution in [2.75, 3.05) is 37.1 Å². The predicted molar refractivity (Wildman–Crippen MR) is 124 cm³/mol. The fourth-order valence-corrected chi connectivity index (χ4v) is 3.21. The first-order valence-electron chi connectivity index (χ1n) is 9.77. The number of aliphatic hydroxyl groups is 1. The van der Waals surface area contributed by atoms with E-state index in [-0.39, 0.29) is 25.6 Å². The van der Waals surface area contributed by atoms with Gasteiger partial charge in [-0.3, -0.25) is 10.1 Å². The minimum absolute atomic E-state index is 0.0158. The molecule has 31 heavy (non-hydrogen) atoms. The lowest BCUT2D eigenvalue weighted by atomic mass is 10.0. The Morgan fingerprint density at radius 1 is 1.16 bits per heavy atom. The number of thiol groups is 1. The van der Waals surface area contributed by atoms with Crippen LogP contribution in [-0.4, -0.2) is 49.0 Å². The van der Waals surface area contributed by atoms with Crippen LogP contribution < -0.4 is 10.1 Å². The topological polar surface area (TPSA) is 94.1 Å². The first-order chi connectivity index (χ1) is 15.0. The number of aliphatic hydroxyl groups excluding tert-OH is 1. The molecule has 1 amide bonds. The van der Waals surface area contributed by atoms with E-state index in [0.29, 0.717) is 24.3 Å². The molecule has 0 bridgehead atoms. The number of carbonyl (C=O) groups excluding carboxylic acids is 2. The van der Waals surface area contributed by atoms with Crippen LogP contribution in [0.1, 0.15) is 24.5 Å². The number of amides is 1. The molecule has 168 valence electrons. The molecule has 2 aromatic rings. The Kier molecular flexibility index (Phi) is 11.1. The number of thioether (sulfide) groups is 1. The first-order valence-corrected chi connectivity index (χ1v) is 11.6. The maximum atomic E-state index is 12.5. The van der Waals surface area contributed by atoms with E-state index in [1.54, 1.807) is 30.0 Å². The number of nitrogens with one attached hydrogen (secondary N) is 1. The number of esters is 1. The zero-order valence-corrected chi connectivity index (χ0v) is 19.0. The molecule has 0 radical (unpaired) electrons. The van der Waals surface area contributed by atoms with Crippen LogP contribution in [0.15, 0.2) is 53.4 Å². The molecule has 0 aliphatic heterocycles. The molecular formula is C22H27NO6S2. The Labute approximate surface area is 191 Å². The fraction of sp³-hybridized carbons (Fsp3) is 0.364. The van der Waals surface area contributed by atoms with Crippen LogP contribution in [0, 0.1) is 0 Å². The van der Waals surface area contributed by atoms with Gasteiger partial charge in [-0.2, -0.15) is 12.6 Å². The number of rotatable bonds is 12. The van der Waals surface area contributed by atoms with Gasteiger partial charge in [-0.1, -0.05) is 12.1 Å². The van der Waals surface area contributed by atoms with Gasteiger partial charge in [-0.25, -0.2) is 4.79 Å². The Hall–Kier alpha value is -2.36. The summed E-state index contributed by atoms with van der Waals surface area (Å²) >= 11 is 5.49. The number of benzene rings is 2. The van der Waals surface area contributed by atoms with E-state index in [1.165, 1.54) is 0 Å². The van der Waals surface area contributed by atoms with Gasteiger partial charge in [0.15, 0.2) is 0 Å². The van der Waals surface area contributed by atoms with E-state index < -0.39 is 18.2 Å². The van der Waals surface area contributed by atoms with E-state index in [0.717, 1.165) is 10.5 Å². The molecule has 7 nitrogen and oxygen atoms in total. The third-order valence-electron chi connectivity index (χ3n) is 4.18. The Morgan fingerprint density at radius 2 is 1.94 bits per heavy atom. The smallest absolute Gasteiger partial charge is 0.412 e. The van der Waals surface area contributed by atoms with Crippen molar-refractivity contribution in [2.24, 2.45) is 0 Å². The van der Waals surface area contributed by atoms with Gasteiger partial charge in [0, 0.05) is 10.6 Å². The van der Waals surface area contributed by atoms with Gasteiger partial charge in [-0.05, 0) is 61.1 Å². The minimum Gasteiger partial charge on any atom is -0.491 e. The van der Waals surface area contributed by atoms with Crippen molar-refractivity contribution < 1.29 is 28.9 Å². The minimum atomic E-state index is -0.587. The molecule has 0 unspecified atom stereocenters. The van der Waals surface area contributed by atoms with Crippen LogP contribution in [-0.2, 0) is 14.3 Å². The summed E-state index contributed by atoms with van der Waals surface area (Å²) in [5.74, 6) is 0.184. The van der Waals surface area contributed by atoms with E-state index in [1.807, 2.05) is 36.6 Å². The van der Waals surface area contributed by atoms with Crippen molar-refractivity contribution in [1.82, 2.24) is 0 Å². The van der Waals surface area contributed by atoms with Crippen LogP contribution in [0.3, 0.4) is 0 Å². The molecule has 9 heteroatoms. The van der Waals surface area contributed by atoms with Gasteiger partial charge in [-0.15, -0.1) is 11.8 Å². The highest BCUT2D eigenvalue weighted by atomic mass is 32.2. The molecule has 0 spiro atoms. The Morgan fingerprint density at radius 3 is 2.61 bits per heavy atom. The van der Waals surface area contributed by atoms with Gasteiger partial charge in [0.25, 0.3) is 0 Å². The van der Waals surface area contributed by atoms with Gasteiger partial charge >= 0.3 is 12.1 Å². The van der Waals surface area contributed by atoms with Crippen molar-refractivity contribution in [1.29, 1.82) is 0 Å². The summed E-state index contributed by atoms with van der Waals surface area (Å²) in [5.41, 5.74) is 1.37. The molecule has 2 N–H and O–H groups in total. The molecular weight excluding hydrogens is 438 g/mol.